The first-order chi connectivity index (χ1) is 15.0. The van der Waals surface area contributed by atoms with Crippen LogP contribution in [0.4, 0.5) is 0 Å². The minimum Gasteiger partial charge on any atom is -0.462 e. The molecule has 1 unspecified atom stereocenters. The van der Waals surface area contributed by atoms with Gasteiger partial charge in [-0.1, -0.05) is 30.3 Å². The van der Waals surface area contributed by atoms with Crippen molar-refractivity contribution in [2.75, 3.05) is 39.8 Å². The van der Waals surface area contributed by atoms with Crippen LogP contribution < -0.4 is 0 Å². The van der Waals surface area contributed by atoms with E-state index < -0.39 is 48.3 Å². The maximum atomic E-state index is 12.9. The van der Waals surface area contributed by atoms with Crippen LogP contribution >= 0.6 is 0 Å². The quantitative estimate of drug-likeness (QED) is 0.449. The lowest BCUT2D eigenvalue weighted by Gasteiger charge is -2.36. The van der Waals surface area contributed by atoms with Crippen LogP contribution in [-0.2, 0) is 25.7 Å². The van der Waals surface area contributed by atoms with Gasteiger partial charge in [-0.2, -0.15) is 0 Å². The van der Waals surface area contributed by atoms with Crippen LogP contribution in [0.15, 0.2) is 30.3 Å². The lowest BCUT2D eigenvalue weighted by molar-refractivity contribution is -0.177. The molecule has 0 aromatic heterocycles. The number of hydrogen-bond donors (Lipinski definition) is 3. The number of amides is 1. The van der Waals surface area contributed by atoms with Crippen LogP contribution in [0.3, 0.4) is 0 Å². The molecule has 1 amide bonds. The predicted octanol–water partition coefficient (Wildman–Crippen LogP) is 0.0178. The van der Waals surface area contributed by atoms with Gasteiger partial charge in [0.05, 0.1) is 12.0 Å². The summed E-state index contributed by atoms with van der Waals surface area (Å²) in [7, 11) is 1.95. The van der Waals surface area contributed by atoms with Gasteiger partial charge < -0.3 is 34.6 Å². The molecule has 32 heavy (non-hydrogen) atoms. The summed E-state index contributed by atoms with van der Waals surface area (Å²) >= 11 is 0. The number of esters is 1. The molecule has 0 radical (unpaired) electrons. The van der Waals surface area contributed by atoms with Crippen molar-refractivity contribution in [2.45, 2.75) is 51.8 Å². The second-order valence-electron chi connectivity index (χ2n) is 9.24. The maximum absolute atomic E-state index is 12.9. The number of rotatable bonds is 9. The number of carbonyl (C=O) groups is 2. The topological polar surface area (TPSA) is 120 Å². The Labute approximate surface area is 189 Å². The van der Waals surface area contributed by atoms with Crippen LogP contribution in [0.25, 0.3) is 0 Å². The van der Waals surface area contributed by atoms with Crippen molar-refractivity contribution < 1.29 is 34.4 Å². The molecular weight excluding hydrogens is 416 g/mol. The molecule has 1 saturated heterocycles. The van der Waals surface area contributed by atoms with Gasteiger partial charge in [-0.05, 0) is 33.4 Å². The zero-order valence-electron chi connectivity index (χ0n) is 19.3. The van der Waals surface area contributed by atoms with Gasteiger partial charge in [-0.3, -0.25) is 9.59 Å². The van der Waals surface area contributed by atoms with Gasteiger partial charge in [0.25, 0.3) is 5.91 Å². The van der Waals surface area contributed by atoms with Crippen molar-refractivity contribution in [2.24, 2.45) is 5.41 Å². The number of aliphatic hydroxyl groups excluding tert-OH is 3. The zero-order valence-corrected chi connectivity index (χ0v) is 19.3. The highest BCUT2D eigenvalue weighted by molar-refractivity contribution is 5.81. The van der Waals surface area contributed by atoms with Gasteiger partial charge >= 0.3 is 5.97 Å². The van der Waals surface area contributed by atoms with Gasteiger partial charge in [0.15, 0.2) is 6.10 Å². The van der Waals surface area contributed by atoms with Gasteiger partial charge in [0, 0.05) is 26.2 Å². The van der Waals surface area contributed by atoms with Crippen molar-refractivity contribution in [3.05, 3.63) is 35.9 Å². The summed E-state index contributed by atoms with van der Waals surface area (Å²) in [6.45, 7) is 6.76. The van der Waals surface area contributed by atoms with Gasteiger partial charge in [0.2, 0.25) is 0 Å². The van der Waals surface area contributed by atoms with Crippen molar-refractivity contribution in [3.63, 3.8) is 0 Å². The molecule has 9 heteroatoms. The molecule has 9 nitrogen and oxygen atoms in total. The third-order valence-electron chi connectivity index (χ3n) is 5.39. The Balaban J connectivity index is 2.09. The molecule has 1 heterocycles. The van der Waals surface area contributed by atoms with Crippen molar-refractivity contribution >= 4 is 11.9 Å². The minimum absolute atomic E-state index is 0.0180. The van der Waals surface area contributed by atoms with E-state index in [1.165, 1.54) is 4.90 Å². The predicted molar refractivity (Wildman–Crippen MR) is 118 cm³/mol. The van der Waals surface area contributed by atoms with E-state index in [0.717, 1.165) is 5.56 Å². The smallest absolute Gasteiger partial charge is 0.311 e. The van der Waals surface area contributed by atoms with Crippen LogP contribution in [0.5, 0.6) is 0 Å². The zero-order chi connectivity index (χ0) is 23.9. The number of likely N-dealkylation sites (N-methyl/N-ethyl adjacent to an activating group) is 1. The van der Waals surface area contributed by atoms with Crippen molar-refractivity contribution in [1.82, 2.24) is 9.80 Å². The summed E-state index contributed by atoms with van der Waals surface area (Å²) in [5, 5.41) is 31.9. The number of ether oxygens (including phenoxy) is 2. The molecule has 180 valence electrons. The highest BCUT2D eigenvalue weighted by atomic mass is 16.5. The Morgan fingerprint density at radius 2 is 1.62 bits per heavy atom. The first-order valence-corrected chi connectivity index (χ1v) is 10.8. The Morgan fingerprint density at radius 1 is 1.03 bits per heavy atom. The molecule has 2 rings (SSSR count). The summed E-state index contributed by atoms with van der Waals surface area (Å²) in [5.41, 5.74) is 0.00252. The average molecular weight is 453 g/mol. The fraction of sp³-hybridized carbons (Fsp3) is 0.652. The largest absolute Gasteiger partial charge is 0.462 e. The summed E-state index contributed by atoms with van der Waals surface area (Å²) in [5.74, 6) is -1.12. The number of nitrogens with zero attached hydrogens (tertiary/aromatic N) is 2. The molecule has 0 spiro atoms. The monoisotopic (exact) mass is 452 g/mol. The van der Waals surface area contributed by atoms with Gasteiger partial charge in [0.1, 0.15) is 24.9 Å². The molecule has 1 aliphatic heterocycles. The van der Waals surface area contributed by atoms with Crippen LogP contribution in [0.1, 0.15) is 26.3 Å². The van der Waals surface area contributed by atoms with E-state index in [9.17, 15) is 24.9 Å². The standard InChI is InChI=1S/C23H36N2O7/c1-23(2,3)22(30)32-15-17(26)18(27)20(31-14-16-8-6-5-7-9-16)19(28)21(29)25-12-10-24(4)11-13-25/h5-9,17-20,26-28H,10-15H2,1-4H3/t17?,18-,19-,20+/m1/s1. The average Bonchev–Trinajstić information content (AvgIpc) is 2.77. The van der Waals surface area contributed by atoms with Gasteiger partial charge in [-0.15, -0.1) is 0 Å². The fourth-order valence-electron chi connectivity index (χ4n) is 3.19. The Hall–Kier alpha value is -2.04. The number of piperazine rings is 1. The van der Waals surface area contributed by atoms with E-state index in [4.69, 9.17) is 9.47 Å². The van der Waals surface area contributed by atoms with E-state index >= 15 is 0 Å². The lowest BCUT2D eigenvalue weighted by atomic mass is 9.97. The van der Waals surface area contributed by atoms with Crippen LogP contribution in [-0.4, -0.2) is 101 Å². The number of hydrogen-bond acceptors (Lipinski definition) is 8. The van der Waals surface area contributed by atoms with Gasteiger partial charge in [-0.25, -0.2) is 0 Å². The van der Waals surface area contributed by atoms with E-state index in [1.54, 1.807) is 32.9 Å². The van der Waals surface area contributed by atoms with E-state index in [-0.39, 0.29) is 6.61 Å². The van der Waals surface area contributed by atoms with Crippen LogP contribution in [0, 0.1) is 5.41 Å². The molecule has 0 bridgehead atoms. The fourth-order valence-corrected chi connectivity index (χ4v) is 3.19. The molecule has 0 saturated carbocycles. The Morgan fingerprint density at radius 3 is 2.19 bits per heavy atom. The molecule has 3 N–H and O–H groups in total. The summed E-state index contributed by atoms with van der Waals surface area (Å²) in [6, 6.07) is 9.09. The molecule has 1 aromatic rings. The highest BCUT2D eigenvalue weighted by Crippen LogP contribution is 2.18. The van der Waals surface area contributed by atoms with E-state index in [1.807, 2.05) is 25.2 Å². The molecule has 0 aliphatic carbocycles. The Kier molecular flexibility index (Phi) is 9.60. The third-order valence-corrected chi connectivity index (χ3v) is 5.39. The van der Waals surface area contributed by atoms with E-state index in [0.29, 0.717) is 26.2 Å². The molecule has 1 aliphatic rings. The highest BCUT2D eigenvalue weighted by Gasteiger charge is 2.40. The SMILES string of the molecule is CN1CCN(C(=O)[C@H](O)[C@@H](OCc2ccccc2)[C@H](O)C(O)COC(=O)C(C)(C)C)CC1. The Bertz CT molecular complexity index is 730. The molecule has 1 fully saturated rings. The third kappa shape index (κ3) is 7.53. The normalized spacial score (nSPS) is 19.2. The number of carbonyl (C=O) groups excluding carboxylic acids is 2. The van der Waals surface area contributed by atoms with Crippen molar-refractivity contribution in [3.8, 4) is 0 Å². The second kappa shape index (κ2) is 11.7. The van der Waals surface area contributed by atoms with Crippen molar-refractivity contribution in [1.29, 1.82) is 0 Å². The molecular formula is C23H36N2O7. The first kappa shape index (κ1) is 26.2. The van der Waals surface area contributed by atoms with Crippen LogP contribution in [0.2, 0.25) is 0 Å². The van der Waals surface area contributed by atoms with E-state index in [2.05, 4.69) is 4.90 Å². The lowest BCUT2D eigenvalue weighted by Crippen LogP contribution is -2.57. The first-order valence-electron chi connectivity index (χ1n) is 10.8. The summed E-state index contributed by atoms with van der Waals surface area (Å²) in [6.07, 6.45) is -6.30. The molecule has 4 atom stereocenters. The number of benzene rings is 1. The summed E-state index contributed by atoms with van der Waals surface area (Å²) in [4.78, 5) is 28.5. The molecule has 1 aromatic carbocycles. The second-order valence-corrected chi connectivity index (χ2v) is 9.24. The number of aliphatic hydroxyl groups is 3. The summed E-state index contributed by atoms with van der Waals surface area (Å²) < 4.78 is 10.8. The maximum Gasteiger partial charge on any atom is 0.311 e. The minimum atomic E-state index is -1.69.